The topological polar surface area (TPSA) is 78.7 Å². The fraction of sp³-hybridized carbons (Fsp3) is 0.263. The number of nitrogens with zero attached hydrogens (tertiary/aromatic N) is 2. The Morgan fingerprint density at radius 2 is 1.62 bits per heavy atom. The molecule has 3 amide bonds. The molecule has 7 heteroatoms. The number of anilines is 2. The Labute approximate surface area is 159 Å². The number of nitrogen functional groups attached to an aromatic ring is 1. The summed E-state index contributed by atoms with van der Waals surface area (Å²) in [6.07, 6.45) is 0. The molecule has 1 saturated heterocycles. The van der Waals surface area contributed by atoms with Crippen LogP contribution in [-0.2, 0) is 0 Å². The number of benzene rings is 2. The smallest absolute Gasteiger partial charge is 0.321 e. The molecule has 3 rings (SSSR count). The number of carbonyl (C=O) groups is 2. The summed E-state index contributed by atoms with van der Waals surface area (Å²) in [6, 6.07) is 14.5. The fourth-order valence-corrected chi connectivity index (χ4v) is 2.89. The van der Waals surface area contributed by atoms with Crippen LogP contribution in [0.1, 0.15) is 15.9 Å². The van der Waals surface area contributed by atoms with Crippen LogP contribution in [0, 0.1) is 6.92 Å². The molecule has 2 aromatic carbocycles. The van der Waals surface area contributed by atoms with Gasteiger partial charge in [0.25, 0.3) is 5.91 Å². The van der Waals surface area contributed by atoms with Crippen LogP contribution in [-0.4, -0.2) is 47.9 Å². The molecule has 0 spiro atoms. The van der Waals surface area contributed by atoms with E-state index in [2.05, 4.69) is 5.32 Å². The fourth-order valence-electron chi connectivity index (χ4n) is 2.89. The van der Waals surface area contributed by atoms with Gasteiger partial charge in [-0.25, -0.2) is 4.79 Å². The van der Waals surface area contributed by atoms with Gasteiger partial charge in [-0.15, -0.1) is 12.4 Å². The highest BCUT2D eigenvalue weighted by Gasteiger charge is 2.25. The van der Waals surface area contributed by atoms with E-state index in [1.54, 1.807) is 34.1 Å². The first kappa shape index (κ1) is 19.6. The summed E-state index contributed by atoms with van der Waals surface area (Å²) in [5.74, 6) is -0.0500. The van der Waals surface area contributed by atoms with E-state index in [4.69, 9.17) is 5.73 Å². The number of urea groups is 1. The van der Waals surface area contributed by atoms with Crippen LogP contribution in [0.5, 0.6) is 0 Å². The molecule has 138 valence electrons. The highest BCUT2D eigenvalue weighted by Crippen LogP contribution is 2.14. The minimum absolute atomic E-state index is 0. The number of nitrogens with one attached hydrogen (secondary N) is 1. The number of piperazine rings is 1. The van der Waals surface area contributed by atoms with Crippen molar-refractivity contribution in [2.75, 3.05) is 37.2 Å². The molecule has 1 aliphatic rings. The summed E-state index contributed by atoms with van der Waals surface area (Å²) < 4.78 is 0. The van der Waals surface area contributed by atoms with E-state index in [-0.39, 0.29) is 24.3 Å². The Morgan fingerprint density at radius 3 is 2.27 bits per heavy atom. The second kappa shape index (κ2) is 8.58. The van der Waals surface area contributed by atoms with Gasteiger partial charge < -0.3 is 20.9 Å². The summed E-state index contributed by atoms with van der Waals surface area (Å²) in [5, 5.41) is 2.90. The normalized spacial score (nSPS) is 13.7. The maximum atomic E-state index is 12.5. The van der Waals surface area contributed by atoms with Crippen LogP contribution in [0.25, 0.3) is 0 Å². The van der Waals surface area contributed by atoms with Gasteiger partial charge in [-0.2, -0.15) is 0 Å². The number of hydrogen-bond donors (Lipinski definition) is 2. The molecule has 0 aliphatic carbocycles. The first-order chi connectivity index (χ1) is 12.0. The lowest BCUT2D eigenvalue weighted by Gasteiger charge is -2.34. The van der Waals surface area contributed by atoms with Gasteiger partial charge in [-0.3, -0.25) is 4.79 Å². The maximum absolute atomic E-state index is 12.5. The summed E-state index contributed by atoms with van der Waals surface area (Å²) in [5.41, 5.74) is 8.77. The highest BCUT2D eigenvalue weighted by molar-refractivity contribution is 5.95. The van der Waals surface area contributed by atoms with Gasteiger partial charge in [-0.05, 0) is 42.8 Å². The van der Waals surface area contributed by atoms with Crippen molar-refractivity contribution in [1.29, 1.82) is 0 Å². The molecule has 2 aromatic rings. The third-order valence-electron chi connectivity index (χ3n) is 4.26. The van der Waals surface area contributed by atoms with Gasteiger partial charge in [0.05, 0.1) is 0 Å². The lowest BCUT2D eigenvalue weighted by atomic mass is 10.1. The van der Waals surface area contributed by atoms with Crippen molar-refractivity contribution in [2.45, 2.75) is 6.92 Å². The quantitative estimate of drug-likeness (QED) is 0.793. The van der Waals surface area contributed by atoms with Crippen molar-refractivity contribution in [1.82, 2.24) is 9.80 Å². The minimum Gasteiger partial charge on any atom is -0.399 e. The number of carbonyl (C=O) groups excluding carboxylic acids is 2. The molecule has 1 heterocycles. The second-order valence-corrected chi connectivity index (χ2v) is 6.20. The van der Waals surface area contributed by atoms with Gasteiger partial charge in [0.1, 0.15) is 0 Å². The zero-order valence-electron chi connectivity index (χ0n) is 14.6. The molecule has 3 N–H and O–H groups in total. The summed E-state index contributed by atoms with van der Waals surface area (Å²) in [6.45, 7) is 4.01. The number of hydrogen-bond acceptors (Lipinski definition) is 3. The zero-order chi connectivity index (χ0) is 17.8. The van der Waals surface area contributed by atoms with Gasteiger partial charge >= 0.3 is 6.03 Å². The number of nitrogens with two attached hydrogens (primary N) is 1. The molecule has 6 nitrogen and oxygen atoms in total. The monoisotopic (exact) mass is 374 g/mol. The van der Waals surface area contributed by atoms with Gasteiger partial charge in [-0.1, -0.05) is 18.2 Å². The number of aryl methyl sites for hydroxylation is 1. The average Bonchev–Trinajstić information content (AvgIpc) is 2.61. The van der Waals surface area contributed by atoms with E-state index in [0.717, 1.165) is 11.3 Å². The SMILES string of the molecule is Cc1cccc(NC(=O)N2CCN(C(=O)c3cccc(N)c3)CC2)c1.Cl. The molecule has 0 radical (unpaired) electrons. The Kier molecular flexibility index (Phi) is 6.46. The van der Waals surface area contributed by atoms with Crippen molar-refractivity contribution in [2.24, 2.45) is 0 Å². The Balaban J connectivity index is 0.00000243. The standard InChI is InChI=1S/C19H22N4O2.ClH/c1-14-4-2-7-17(12-14)21-19(25)23-10-8-22(9-11-23)18(24)15-5-3-6-16(20)13-15;/h2-7,12-13H,8-11,20H2,1H3,(H,21,25);1H. The Morgan fingerprint density at radius 1 is 0.962 bits per heavy atom. The third kappa shape index (κ3) is 4.67. The zero-order valence-corrected chi connectivity index (χ0v) is 15.5. The molecule has 1 aliphatic heterocycles. The average molecular weight is 375 g/mol. The van der Waals surface area contributed by atoms with Crippen molar-refractivity contribution < 1.29 is 9.59 Å². The number of rotatable bonds is 2. The molecule has 0 unspecified atom stereocenters. The molecule has 0 atom stereocenters. The van der Waals surface area contributed by atoms with E-state index in [1.807, 2.05) is 31.2 Å². The van der Waals surface area contributed by atoms with Crippen LogP contribution in [0.15, 0.2) is 48.5 Å². The third-order valence-corrected chi connectivity index (χ3v) is 4.26. The van der Waals surface area contributed by atoms with Crippen molar-refractivity contribution >= 4 is 35.7 Å². The van der Waals surface area contributed by atoms with E-state index in [9.17, 15) is 9.59 Å². The van der Waals surface area contributed by atoms with Crippen LogP contribution in [0.4, 0.5) is 16.2 Å². The molecule has 0 saturated carbocycles. The number of halogens is 1. The maximum Gasteiger partial charge on any atom is 0.321 e. The predicted molar refractivity (Wildman–Crippen MR) is 106 cm³/mol. The van der Waals surface area contributed by atoms with Crippen LogP contribution < -0.4 is 11.1 Å². The van der Waals surface area contributed by atoms with Crippen LogP contribution in [0.2, 0.25) is 0 Å². The van der Waals surface area contributed by atoms with Crippen molar-refractivity contribution in [3.8, 4) is 0 Å². The first-order valence-electron chi connectivity index (χ1n) is 8.30. The first-order valence-corrected chi connectivity index (χ1v) is 8.30. The van der Waals surface area contributed by atoms with Crippen LogP contribution in [0.3, 0.4) is 0 Å². The van der Waals surface area contributed by atoms with E-state index < -0.39 is 0 Å². The van der Waals surface area contributed by atoms with E-state index >= 15 is 0 Å². The number of amides is 3. The predicted octanol–water partition coefficient (Wildman–Crippen LogP) is 2.99. The molecular formula is C19H23ClN4O2. The van der Waals surface area contributed by atoms with Gasteiger partial charge in [0.2, 0.25) is 0 Å². The van der Waals surface area contributed by atoms with E-state index in [1.165, 1.54) is 0 Å². The van der Waals surface area contributed by atoms with Gasteiger partial charge in [0.15, 0.2) is 0 Å². The van der Waals surface area contributed by atoms with Gasteiger partial charge in [0, 0.05) is 43.1 Å². The summed E-state index contributed by atoms with van der Waals surface area (Å²) in [7, 11) is 0. The molecule has 0 bridgehead atoms. The molecular weight excluding hydrogens is 352 g/mol. The summed E-state index contributed by atoms with van der Waals surface area (Å²) >= 11 is 0. The van der Waals surface area contributed by atoms with Crippen LogP contribution >= 0.6 is 12.4 Å². The van der Waals surface area contributed by atoms with Crippen molar-refractivity contribution in [3.05, 3.63) is 59.7 Å². The molecule has 1 fully saturated rings. The lowest BCUT2D eigenvalue weighted by molar-refractivity contribution is 0.0672. The summed E-state index contributed by atoms with van der Waals surface area (Å²) in [4.78, 5) is 28.4. The second-order valence-electron chi connectivity index (χ2n) is 6.20. The lowest BCUT2D eigenvalue weighted by Crippen LogP contribution is -2.51. The largest absolute Gasteiger partial charge is 0.399 e. The van der Waals surface area contributed by atoms with E-state index in [0.29, 0.717) is 37.4 Å². The highest BCUT2D eigenvalue weighted by atomic mass is 35.5. The van der Waals surface area contributed by atoms with Crippen molar-refractivity contribution in [3.63, 3.8) is 0 Å². The Hall–Kier alpha value is -2.73. The Bertz CT molecular complexity index is 789. The molecule has 0 aromatic heterocycles. The molecule has 26 heavy (non-hydrogen) atoms. The minimum atomic E-state index is -0.137.